The van der Waals surface area contributed by atoms with Gasteiger partial charge in [0.05, 0.1) is 6.10 Å². The van der Waals surface area contributed by atoms with Crippen LogP contribution < -0.4 is 5.32 Å². The number of aryl methyl sites for hydroxylation is 2. The van der Waals surface area contributed by atoms with Crippen LogP contribution in [-0.4, -0.2) is 49.8 Å². The predicted octanol–water partition coefficient (Wildman–Crippen LogP) is 4.36. The van der Waals surface area contributed by atoms with Crippen LogP contribution in [-0.2, 0) is 6.42 Å². The van der Waals surface area contributed by atoms with Gasteiger partial charge < -0.3 is 15.3 Å². The summed E-state index contributed by atoms with van der Waals surface area (Å²) in [5.74, 6) is 1.50. The molecule has 0 aromatic heterocycles. The molecule has 2 N–H and O–H groups in total. The highest BCUT2D eigenvalue weighted by Crippen LogP contribution is 2.47. The first-order chi connectivity index (χ1) is 14.0. The summed E-state index contributed by atoms with van der Waals surface area (Å²) in [4.78, 5) is 2.25. The van der Waals surface area contributed by atoms with Crippen LogP contribution in [0.3, 0.4) is 0 Å². The van der Waals surface area contributed by atoms with Crippen molar-refractivity contribution >= 4 is 0 Å². The fraction of sp³-hybridized carbons (Fsp3) is 0.615. The van der Waals surface area contributed by atoms with E-state index in [1.165, 1.54) is 30.5 Å². The van der Waals surface area contributed by atoms with Crippen LogP contribution >= 0.6 is 0 Å². The zero-order valence-corrected chi connectivity index (χ0v) is 18.6. The number of unbranched alkanes of at least 4 members (excludes halogenated alkanes) is 1. The number of hydrogen-bond donors (Lipinski definition) is 2. The van der Waals surface area contributed by atoms with Crippen molar-refractivity contribution in [3.8, 4) is 0 Å². The normalized spacial score (nSPS) is 26.4. The standard InChI is InChI=1S/C26H40N2O/c1-20-9-8-11-21(15-20)10-4-5-12-24-25-17-22(16-23(25)18-26(24)29)19-27-13-6-7-14-28(2)3/h5,8-9,11-12,15-16,23-27,29H,4,6-7,10,13-14,17-19H2,1-3H3/b12-5+/t23-,24+,25-,26+/m0/s1. The van der Waals surface area contributed by atoms with Crippen LogP contribution in [0.5, 0.6) is 0 Å². The number of allylic oxidation sites excluding steroid dienone is 2. The average molecular weight is 397 g/mol. The fourth-order valence-corrected chi connectivity index (χ4v) is 5.03. The molecular weight excluding hydrogens is 356 g/mol. The van der Waals surface area contributed by atoms with Crippen molar-refractivity contribution in [3.05, 3.63) is 59.2 Å². The van der Waals surface area contributed by atoms with Crippen molar-refractivity contribution in [2.24, 2.45) is 17.8 Å². The van der Waals surface area contributed by atoms with Gasteiger partial charge in [-0.2, -0.15) is 0 Å². The third-order valence-corrected chi connectivity index (χ3v) is 6.55. The number of nitrogens with zero attached hydrogens (tertiary/aromatic N) is 1. The molecule has 3 rings (SSSR count). The molecule has 160 valence electrons. The molecule has 0 heterocycles. The molecule has 0 bridgehead atoms. The summed E-state index contributed by atoms with van der Waals surface area (Å²) < 4.78 is 0. The van der Waals surface area contributed by atoms with Crippen molar-refractivity contribution in [1.29, 1.82) is 0 Å². The van der Waals surface area contributed by atoms with E-state index >= 15 is 0 Å². The second-order valence-corrected chi connectivity index (χ2v) is 9.38. The summed E-state index contributed by atoms with van der Waals surface area (Å²) in [7, 11) is 4.27. The second kappa shape index (κ2) is 11.1. The van der Waals surface area contributed by atoms with Gasteiger partial charge in [-0.3, -0.25) is 0 Å². The average Bonchev–Trinajstić information content (AvgIpc) is 3.18. The molecule has 0 radical (unpaired) electrons. The molecule has 29 heavy (non-hydrogen) atoms. The second-order valence-electron chi connectivity index (χ2n) is 9.38. The highest BCUT2D eigenvalue weighted by molar-refractivity contribution is 5.23. The third kappa shape index (κ3) is 6.80. The number of aliphatic hydroxyl groups is 1. The van der Waals surface area contributed by atoms with Gasteiger partial charge in [0.1, 0.15) is 0 Å². The molecule has 0 amide bonds. The summed E-state index contributed by atoms with van der Waals surface area (Å²) in [6, 6.07) is 8.77. The van der Waals surface area contributed by atoms with Gasteiger partial charge >= 0.3 is 0 Å². The maximum Gasteiger partial charge on any atom is 0.0611 e. The summed E-state index contributed by atoms with van der Waals surface area (Å²) in [6.45, 7) is 5.45. The molecular formula is C26H40N2O. The Bertz CT molecular complexity index is 694. The van der Waals surface area contributed by atoms with Crippen molar-refractivity contribution in [1.82, 2.24) is 10.2 Å². The zero-order valence-electron chi connectivity index (χ0n) is 18.6. The number of aliphatic hydroxyl groups excluding tert-OH is 1. The molecule has 2 aliphatic rings. The molecule has 1 fully saturated rings. The first-order valence-electron chi connectivity index (χ1n) is 11.5. The van der Waals surface area contributed by atoms with E-state index in [-0.39, 0.29) is 6.10 Å². The lowest BCUT2D eigenvalue weighted by molar-refractivity contribution is 0.141. The molecule has 0 spiro atoms. The Balaban J connectivity index is 1.39. The molecule has 4 atom stereocenters. The van der Waals surface area contributed by atoms with E-state index in [2.05, 4.69) is 73.7 Å². The van der Waals surface area contributed by atoms with Crippen molar-refractivity contribution in [3.63, 3.8) is 0 Å². The summed E-state index contributed by atoms with van der Waals surface area (Å²) in [6.07, 6.45) is 13.6. The van der Waals surface area contributed by atoms with E-state index in [1.807, 2.05) is 0 Å². The monoisotopic (exact) mass is 396 g/mol. The third-order valence-electron chi connectivity index (χ3n) is 6.55. The highest BCUT2D eigenvalue weighted by atomic mass is 16.3. The smallest absolute Gasteiger partial charge is 0.0611 e. The van der Waals surface area contributed by atoms with E-state index in [0.29, 0.717) is 17.8 Å². The van der Waals surface area contributed by atoms with Gasteiger partial charge in [-0.1, -0.05) is 53.6 Å². The van der Waals surface area contributed by atoms with E-state index < -0.39 is 0 Å². The summed E-state index contributed by atoms with van der Waals surface area (Å²) >= 11 is 0. The molecule has 2 aliphatic carbocycles. The Morgan fingerprint density at radius 3 is 2.90 bits per heavy atom. The largest absolute Gasteiger partial charge is 0.392 e. The highest BCUT2D eigenvalue weighted by Gasteiger charge is 2.43. The minimum Gasteiger partial charge on any atom is -0.392 e. The SMILES string of the molecule is Cc1cccc(CC/C=C/[C@@H]2[C@H]3CC(CNCCCCN(C)C)=C[C@H]3C[C@H]2O)c1. The van der Waals surface area contributed by atoms with Gasteiger partial charge in [0.15, 0.2) is 0 Å². The molecule has 0 aliphatic heterocycles. The topological polar surface area (TPSA) is 35.5 Å². The lowest BCUT2D eigenvalue weighted by Gasteiger charge is -2.18. The van der Waals surface area contributed by atoms with Crippen LogP contribution in [0.2, 0.25) is 0 Å². The van der Waals surface area contributed by atoms with Gasteiger partial charge in [-0.15, -0.1) is 0 Å². The van der Waals surface area contributed by atoms with Gasteiger partial charge in [0, 0.05) is 12.5 Å². The number of rotatable bonds is 11. The molecule has 0 unspecified atom stereocenters. The van der Waals surface area contributed by atoms with Gasteiger partial charge in [-0.25, -0.2) is 0 Å². The molecule has 1 aromatic rings. The Kier molecular flexibility index (Phi) is 8.53. The maximum atomic E-state index is 10.6. The number of fused-ring (bicyclic) bond motifs is 1. The van der Waals surface area contributed by atoms with Crippen LogP contribution in [0.25, 0.3) is 0 Å². The van der Waals surface area contributed by atoms with Gasteiger partial charge in [0.25, 0.3) is 0 Å². The lowest BCUT2D eigenvalue weighted by Crippen LogP contribution is -2.21. The van der Waals surface area contributed by atoms with E-state index in [9.17, 15) is 5.11 Å². The van der Waals surface area contributed by atoms with E-state index in [0.717, 1.165) is 38.8 Å². The zero-order chi connectivity index (χ0) is 20.6. The minimum atomic E-state index is -0.169. The summed E-state index contributed by atoms with van der Waals surface area (Å²) in [5.41, 5.74) is 4.29. The van der Waals surface area contributed by atoms with Crippen LogP contribution in [0.1, 0.15) is 43.2 Å². The van der Waals surface area contributed by atoms with Crippen LogP contribution in [0.15, 0.2) is 48.1 Å². The maximum absolute atomic E-state index is 10.6. The Hall–Kier alpha value is -1.42. The number of nitrogens with one attached hydrogen (secondary N) is 1. The Morgan fingerprint density at radius 1 is 1.24 bits per heavy atom. The molecule has 0 saturated heterocycles. The van der Waals surface area contributed by atoms with Gasteiger partial charge in [-0.05, 0) is 90.0 Å². The van der Waals surface area contributed by atoms with Gasteiger partial charge in [0.2, 0.25) is 0 Å². The van der Waals surface area contributed by atoms with Crippen LogP contribution in [0.4, 0.5) is 0 Å². The lowest BCUT2D eigenvalue weighted by atomic mass is 9.89. The first kappa shape index (κ1) is 22.3. The first-order valence-corrected chi connectivity index (χ1v) is 11.5. The van der Waals surface area contributed by atoms with E-state index in [4.69, 9.17) is 0 Å². The van der Waals surface area contributed by atoms with Crippen molar-refractivity contribution in [2.45, 2.75) is 51.6 Å². The van der Waals surface area contributed by atoms with Crippen molar-refractivity contribution < 1.29 is 5.11 Å². The Labute approximate surface area is 177 Å². The minimum absolute atomic E-state index is 0.169. The Morgan fingerprint density at radius 2 is 2.10 bits per heavy atom. The van der Waals surface area contributed by atoms with Crippen LogP contribution in [0, 0.1) is 24.7 Å². The van der Waals surface area contributed by atoms with E-state index in [1.54, 1.807) is 5.57 Å². The van der Waals surface area contributed by atoms with Crippen molar-refractivity contribution in [2.75, 3.05) is 33.7 Å². The quantitative estimate of drug-likeness (QED) is 0.431. The fourth-order valence-electron chi connectivity index (χ4n) is 5.03. The number of hydrogen-bond acceptors (Lipinski definition) is 3. The number of benzene rings is 1. The summed E-state index contributed by atoms with van der Waals surface area (Å²) in [5, 5.41) is 14.2. The molecule has 3 nitrogen and oxygen atoms in total. The molecule has 1 saturated carbocycles. The molecule has 3 heteroatoms. The predicted molar refractivity (Wildman–Crippen MR) is 123 cm³/mol. The molecule has 1 aromatic carbocycles.